The summed E-state index contributed by atoms with van der Waals surface area (Å²) in [6.07, 6.45) is 0. The molecular weight excluding hydrogens is 258 g/mol. The fraction of sp³-hybridized carbons (Fsp3) is 0.417. The van der Waals surface area contributed by atoms with Gasteiger partial charge < -0.3 is 14.2 Å². The van der Waals surface area contributed by atoms with Crippen LogP contribution < -0.4 is 14.4 Å². The van der Waals surface area contributed by atoms with E-state index in [0.29, 0.717) is 17.2 Å². The molecule has 1 rings (SSSR count). The van der Waals surface area contributed by atoms with Crippen molar-refractivity contribution in [3.05, 3.63) is 18.2 Å². The van der Waals surface area contributed by atoms with Crippen LogP contribution in [0, 0.1) is 0 Å². The Labute approximate surface area is 111 Å². The zero-order valence-electron chi connectivity index (χ0n) is 10.6. The van der Waals surface area contributed by atoms with Crippen molar-refractivity contribution in [2.45, 2.75) is 0 Å². The molecule has 18 heavy (non-hydrogen) atoms. The van der Waals surface area contributed by atoms with Gasteiger partial charge in [-0.15, -0.1) is 11.6 Å². The fourth-order valence-electron chi connectivity index (χ4n) is 1.56. The van der Waals surface area contributed by atoms with E-state index < -0.39 is 0 Å². The van der Waals surface area contributed by atoms with E-state index in [9.17, 15) is 4.79 Å². The normalized spacial score (nSPS) is 10.0. The van der Waals surface area contributed by atoms with E-state index in [4.69, 9.17) is 25.8 Å². The Hall–Kier alpha value is -1.46. The minimum Gasteiger partial charge on any atom is -0.494 e. The van der Waals surface area contributed by atoms with E-state index in [1.165, 1.54) is 26.2 Å². The molecule has 1 aromatic carbocycles. The number of para-hydroxylation sites is 1. The smallest absolute Gasteiger partial charge is 0.244 e. The Kier molecular flexibility index (Phi) is 5.74. The lowest BCUT2D eigenvalue weighted by atomic mass is 10.2. The number of benzene rings is 1. The molecule has 0 heterocycles. The number of alkyl halides is 1. The van der Waals surface area contributed by atoms with Crippen molar-refractivity contribution in [2.24, 2.45) is 0 Å². The summed E-state index contributed by atoms with van der Waals surface area (Å²) in [6, 6.07) is 5.25. The van der Waals surface area contributed by atoms with E-state index in [-0.39, 0.29) is 18.5 Å². The molecule has 1 amide bonds. The maximum atomic E-state index is 11.8. The van der Waals surface area contributed by atoms with Gasteiger partial charge in [-0.25, -0.2) is 0 Å². The fourth-order valence-corrected chi connectivity index (χ4v) is 1.70. The maximum Gasteiger partial charge on any atom is 0.244 e. The molecule has 0 aromatic heterocycles. The Morgan fingerprint density at radius 3 is 2.17 bits per heavy atom. The average molecular weight is 274 g/mol. The van der Waals surface area contributed by atoms with Crippen molar-refractivity contribution >= 4 is 23.2 Å². The van der Waals surface area contributed by atoms with E-state index >= 15 is 0 Å². The quantitative estimate of drug-likeness (QED) is 0.587. The largest absolute Gasteiger partial charge is 0.494 e. The van der Waals surface area contributed by atoms with E-state index in [1.807, 2.05) is 0 Å². The molecule has 100 valence electrons. The third-order valence-corrected chi connectivity index (χ3v) is 2.57. The molecule has 0 N–H and O–H groups in total. The van der Waals surface area contributed by atoms with E-state index in [2.05, 4.69) is 0 Å². The van der Waals surface area contributed by atoms with Gasteiger partial charge in [-0.05, 0) is 12.1 Å². The third kappa shape index (κ3) is 3.05. The van der Waals surface area contributed by atoms with Crippen LogP contribution >= 0.6 is 11.6 Å². The highest BCUT2D eigenvalue weighted by Crippen LogP contribution is 2.37. The summed E-state index contributed by atoms with van der Waals surface area (Å²) < 4.78 is 15.5. The Morgan fingerprint density at radius 2 is 1.78 bits per heavy atom. The van der Waals surface area contributed by atoms with Crippen LogP contribution in [0.1, 0.15) is 0 Å². The number of nitrogens with zero attached hydrogens (tertiary/aromatic N) is 1. The molecule has 0 fully saturated rings. The number of rotatable bonds is 6. The van der Waals surface area contributed by atoms with Crippen LogP contribution in [0.4, 0.5) is 5.69 Å². The first-order valence-electron chi connectivity index (χ1n) is 5.25. The molecule has 0 atom stereocenters. The van der Waals surface area contributed by atoms with Crippen molar-refractivity contribution in [1.82, 2.24) is 0 Å². The van der Waals surface area contributed by atoms with Crippen molar-refractivity contribution in [1.29, 1.82) is 0 Å². The number of amides is 1. The molecule has 0 spiro atoms. The van der Waals surface area contributed by atoms with Gasteiger partial charge in [-0.3, -0.25) is 9.69 Å². The van der Waals surface area contributed by atoms with Gasteiger partial charge in [-0.1, -0.05) is 6.07 Å². The van der Waals surface area contributed by atoms with Crippen LogP contribution in [0.15, 0.2) is 18.2 Å². The van der Waals surface area contributed by atoms with Crippen LogP contribution in [-0.2, 0) is 9.53 Å². The van der Waals surface area contributed by atoms with E-state index in [1.54, 1.807) is 18.2 Å². The predicted octanol–water partition coefficient (Wildman–Crippen LogP) is 1.88. The van der Waals surface area contributed by atoms with Crippen LogP contribution in [0.25, 0.3) is 0 Å². The summed E-state index contributed by atoms with van der Waals surface area (Å²) in [6.45, 7) is 0.0717. The number of halogens is 1. The molecule has 0 aliphatic carbocycles. The summed E-state index contributed by atoms with van der Waals surface area (Å²) >= 11 is 5.60. The number of anilines is 1. The zero-order chi connectivity index (χ0) is 13.5. The van der Waals surface area contributed by atoms with Crippen LogP contribution in [0.2, 0.25) is 0 Å². The molecule has 6 heteroatoms. The van der Waals surface area contributed by atoms with Crippen LogP contribution in [0.3, 0.4) is 0 Å². The second-order valence-corrected chi connectivity index (χ2v) is 3.65. The first kappa shape index (κ1) is 14.6. The monoisotopic (exact) mass is 273 g/mol. The first-order valence-corrected chi connectivity index (χ1v) is 5.79. The van der Waals surface area contributed by atoms with Crippen molar-refractivity contribution in [3.63, 3.8) is 0 Å². The van der Waals surface area contributed by atoms with Crippen LogP contribution in [-0.4, -0.2) is 39.8 Å². The van der Waals surface area contributed by atoms with Gasteiger partial charge in [0.05, 0.1) is 14.2 Å². The molecule has 1 aromatic rings. The standard InChI is InChI=1S/C12H16ClNO4/c1-16-8-14(11(15)7-13)12-9(17-2)5-4-6-10(12)18-3/h4-6H,7-8H2,1-3H3. The lowest BCUT2D eigenvalue weighted by Gasteiger charge is -2.24. The lowest BCUT2D eigenvalue weighted by Crippen LogP contribution is -2.34. The molecule has 0 saturated heterocycles. The molecule has 0 aliphatic rings. The summed E-state index contributed by atoms with van der Waals surface area (Å²) in [5.74, 6) is 0.598. The van der Waals surface area contributed by atoms with Gasteiger partial charge in [-0.2, -0.15) is 0 Å². The van der Waals surface area contributed by atoms with Gasteiger partial charge in [0, 0.05) is 7.11 Å². The maximum absolute atomic E-state index is 11.8. The summed E-state index contributed by atoms with van der Waals surface area (Å²) in [5.41, 5.74) is 0.509. The van der Waals surface area contributed by atoms with Crippen molar-refractivity contribution in [3.8, 4) is 11.5 Å². The van der Waals surface area contributed by atoms with Gasteiger partial charge in [0.2, 0.25) is 5.91 Å². The molecular formula is C12H16ClNO4. The van der Waals surface area contributed by atoms with E-state index in [0.717, 1.165) is 0 Å². The lowest BCUT2D eigenvalue weighted by molar-refractivity contribution is -0.117. The highest BCUT2D eigenvalue weighted by atomic mass is 35.5. The topological polar surface area (TPSA) is 48.0 Å². The number of hydrogen-bond donors (Lipinski definition) is 0. The summed E-state index contributed by atoms with van der Waals surface area (Å²) in [5, 5.41) is 0. The molecule has 0 aliphatic heterocycles. The Balaban J connectivity index is 3.28. The third-order valence-electron chi connectivity index (χ3n) is 2.35. The highest BCUT2D eigenvalue weighted by Gasteiger charge is 2.22. The van der Waals surface area contributed by atoms with Gasteiger partial charge in [0.25, 0.3) is 0 Å². The number of carbonyl (C=O) groups excluding carboxylic acids is 1. The number of hydrogen-bond acceptors (Lipinski definition) is 4. The predicted molar refractivity (Wildman–Crippen MR) is 69.6 cm³/mol. The molecule has 0 radical (unpaired) electrons. The summed E-state index contributed by atoms with van der Waals surface area (Å²) in [7, 11) is 4.54. The molecule has 5 nitrogen and oxygen atoms in total. The highest BCUT2D eigenvalue weighted by molar-refractivity contribution is 6.29. The number of ether oxygens (including phenoxy) is 3. The Bertz CT molecular complexity index is 389. The minimum absolute atomic E-state index is 0.0717. The average Bonchev–Trinajstić information content (AvgIpc) is 2.43. The second kappa shape index (κ2) is 7.08. The van der Waals surface area contributed by atoms with Crippen molar-refractivity contribution < 1.29 is 19.0 Å². The molecule has 0 bridgehead atoms. The van der Waals surface area contributed by atoms with Crippen LogP contribution in [0.5, 0.6) is 11.5 Å². The second-order valence-electron chi connectivity index (χ2n) is 3.38. The zero-order valence-corrected chi connectivity index (χ0v) is 11.4. The number of methoxy groups -OCH3 is 3. The Morgan fingerprint density at radius 1 is 1.22 bits per heavy atom. The minimum atomic E-state index is -0.290. The van der Waals surface area contributed by atoms with Gasteiger partial charge in [0.15, 0.2) is 0 Å². The molecule has 0 unspecified atom stereocenters. The SMILES string of the molecule is COCN(C(=O)CCl)c1c(OC)cccc1OC. The van der Waals surface area contributed by atoms with Gasteiger partial charge >= 0.3 is 0 Å². The summed E-state index contributed by atoms with van der Waals surface area (Å²) in [4.78, 5) is 13.2. The number of carbonyl (C=O) groups is 1. The van der Waals surface area contributed by atoms with Gasteiger partial charge in [0.1, 0.15) is 29.8 Å². The molecule has 0 saturated carbocycles. The van der Waals surface area contributed by atoms with Crippen molar-refractivity contribution in [2.75, 3.05) is 38.8 Å². The first-order chi connectivity index (χ1) is 8.69.